The Morgan fingerprint density at radius 1 is 1.20 bits per heavy atom. The summed E-state index contributed by atoms with van der Waals surface area (Å²) >= 11 is 1.69. The lowest BCUT2D eigenvalue weighted by molar-refractivity contribution is -0.121. The molecule has 0 bridgehead atoms. The Balaban J connectivity index is 1.39. The summed E-state index contributed by atoms with van der Waals surface area (Å²) in [7, 11) is -2.94. The van der Waals surface area contributed by atoms with Crippen molar-refractivity contribution >= 4 is 27.1 Å². The van der Waals surface area contributed by atoms with Crippen LogP contribution in [0, 0.1) is 5.92 Å². The minimum Gasteiger partial charge on any atom is -0.356 e. The number of carbonyl (C=O) groups excluding carboxylic acids is 1. The van der Waals surface area contributed by atoms with Gasteiger partial charge in [-0.3, -0.25) is 4.79 Å². The summed E-state index contributed by atoms with van der Waals surface area (Å²) < 4.78 is 23.3. The van der Waals surface area contributed by atoms with E-state index in [0.29, 0.717) is 25.3 Å². The van der Waals surface area contributed by atoms with Crippen molar-refractivity contribution in [2.45, 2.75) is 63.7 Å². The quantitative estimate of drug-likeness (QED) is 0.818. The monoisotopic (exact) mass is 384 g/mol. The molecule has 140 valence electrons. The standard InChI is InChI=1S/C18H28N2O3S2/c21-17(11-14-5-4-10-25(22,23)13-14)19-9-8-18-20-16(12-24-18)15-6-2-1-3-7-15/h12,14-15H,1-11,13H2,(H,19,21). The molecule has 3 rings (SSSR count). The van der Waals surface area contributed by atoms with Gasteiger partial charge in [-0.1, -0.05) is 19.3 Å². The van der Waals surface area contributed by atoms with Gasteiger partial charge in [-0.15, -0.1) is 11.3 Å². The molecule has 25 heavy (non-hydrogen) atoms. The molecule has 1 aliphatic carbocycles. The lowest BCUT2D eigenvalue weighted by Gasteiger charge is -2.21. The normalized spacial score (nSPS) is 24.1. The van der Waals surface area contributed by atoms with Crippen LogP contribution in [0.1, 0.15) is 68.0 Å². The smallest absolute Gasteiger partial charge is 0.220 e. The maximum absolute atomic E-state index is 12.0. The number of rotatable bonds is 6. The zero-order valence-electron chi connectivity index (χ0n) is 14.7. The van der Waals surface area contributed by atoms with Gasteiger partial charge in [-0.25, -0.2) is 13.4 Å². The third-order valence-corrected chi connectivity index (χ3v) is 8.10. The minimum absolute atomic E-state index is 0.0171. The van der Waals surface area contributed by atoms with E-state index in [4.69, 9.17) is 4.98 Å². The van der Waals surface area contributed by atoms with Crippen molar-refractivity contribution in [1.29, 1.82) is 0 Å². The fourth-order valence-electron chi connectivity index (χ4n) is 3.95. The largest absolute Gasteiger partial charge is 0.356 e. The maximum atomic E-state index is 12.0. The van der Waals surface area contributed by atoms with Crippen LogP contribution < -0.4 is 5.32 Å². The van der Waals surface area contributed by atoms with Crippen LogP contribution in [0.5, 0.6) is 0 Å². The van der Waals surface area contributed by atoms with Crippen molar-refractivity contribution in [3.63, 3.8) is 0 Å². The van der Waals surface area contributed by atoms with Gasteiger partial charge < -0.3 is 5.32 Å². The van der Waals surface area contributed by atoms with Crippen LogP contribution in [0.2, 0.25) is 0 Å². The molecular weight excluding hydrogens is 356 g/mol. The van der Waals surface area contributed by atoms with E-state index in [0.717, 1.165) is 17.8 Å². The van der Waals surface area contributed by atoms with Crippen LogP contribution >= 0.6 is 11.3 Å². The van der Waals surface area contributed by atoms with Gasteiger partial charge in [-0.2, -0.15) is 0 Å². The topological polar surface area (TPSA) is 76.1 Å². The molecule has 2 heterocycles. The van der Waals surface area contributed by atoms with E-state index in [9.17, 15) is 13.2 Å². The fraction of sp³-hybridized carbons (Fsp3) is 0.778. The van der Waals surface area contributed by atoms with E-state index in [2.05, 4.69) is 10.7 Å². The third-order valence-electron chi connectivity index (χ3n) is 5.29. The van der Waals surface area contributed by atoms with Crippen molar-refractivity contribution < 1.29 is 13.2 Å². The van der Waals surface area contributed by atoms with Gasteiger partial charge in [0.1, 0.15) is 0 Å². The average molecular weight is 385 g/mol. The van der Waals surface area contributed by atoms with Crippen LogP contribution in [0.3, 0.4) is 0 Å². The Morgan fingerprint density at radius 2 is 2.00 bits per heavy atom. The highest BCUT2D eigenvalue weighted by atomic mass is 32.2. The van der Waals surface area contributed by atoms with Gasteiger partial charge in [0, 0.05) is 30.7 Å². The van der Waals surface area contributed by atoms with Gasteiger partial charge in [0.05, 0.1) is 22.2 Å². The highest BCUT2D eigenvalue weighted by molar-refractivity contribution is 7.91. The Bertz CT molecular complexity index is 678. The molecule has 0 radical (unpaired) electrons. The van der Waals surface area contributed by atoms with Gasteiger partial charge in [0.25, 0.3) is 0 Å². The molecule has 1 saturated carbocycles. The van der Waals surface area contributed by atoms with Gasteiger partial charge in [0.15, 0.2) is 9.84 Å². The number of nitrogens with one attached hydrogen (secondary N) is 1. The number of aromatic nitrogens is 1. The van der Waals surface area contributed by atoms with Crippen molar-refractivity contribution in [2.24, 2.45) is 5.92 Å². The van der Waals surface area contributed by atoms with Crippen LogP contribution in [0.4, 0.5) is 0 Å². The molecule has 1 N–H and O–H groups in total. The number of nitrogens with zero attached hydrogens (tertiary/aromatic N) is 1. The Hall–Kier alpha value is -0.950. The number of sulfone groups is 1. The highest BCUT2D eigenvalue weighted by Gasteiger charge is 2.26. The van der Waals surface area contributed by atoms with Crippen molar-refractivity contribution in [3.05, 3.63) is 16.1 Å². The molecule has 1 amide bonds. The summed E-state index contributed by atoms with van der Waals surface area (Å²) in [5.41, 5.74) is 1.23. The summed E-state index contributed by atoms with van der Waals surface area (Å²) in [6.45, 7) is 0.579. The second kappa shape index (κ2) is 8.62. The van der Waals surface area contributed by atoms with E-state index in [-0.39, 0.29) is 23.3 Å². The number of carbonyl (C=O) groups is 1. The van der Waals surface area contributed by atoms with Crippen molar-refractivity contribution in [1.82, 2.24) is 10.3 Å². The first-order valence-electron chi connectivity index (χ1n) is 9.43. The van der Waals surface area contributed by atoms with E-state index in [1.54, 1.807) is 11.3 Å². The molecule has 5 nitrogen and oxygen atoms in total. The van der Waals surface area contributed by atoms with E-state index < -0.39 is 9.84 Å². The van der Waals surface area contributed by atoms with Crippen LogP contribution in [0.25, 0.3) is 0 Å². The molecular formula is C18H28N2O3S2. The molecule has 1 saturated heterocycles. The first-order valence-corrected chi connectivity index (χ1v) is 12.1. The summed E-state index contributed by atoms with van der Waals surface area (Å²) in [5.74, 6) is 1.01. The molecule has 7 heteroatoms. The predicted molar refractivity (Wildman–Crippen MR) is 101 cm³/mol. The first kappa shape index (κ1) is 18.8. The molecule has 0 spiro atoms. The van der Waals surface area contributed by atoms with E-state index >= 15 is 0 Å². The summed E-state index contributed by atoms with van der Waals surface area (Å²) in [5, 5.41) is 6.19. The Labute approximate surface area is 154 Å². The second-order valence-corrected chi connectivity index (χ2v) is 10.6. The highest BCUT2D eigenvalue weighted by Crippen LogP contribution is 2.33. The number of hydrogen-bond acceptors (Lipinski definition) is 5. The minimum atomic E-state index is -2.94. The molecule has 2 fully saturated rings. The molecule has 1 unspecified atom stereocenters. The number of hydrogen-bond donors (Lipinski definition) is 1. The molecule has 2 aliphatic rings. The SMILES string of the molecule is O=C(CC1CCCS(=O)(=O)C1)NCCc1nc(C2CCCCC2)cs1. The van der Waals surface area contributed by atoms with Crippen LogP contribution in [-0.4, -0.2) is 37.4 Å². The summed E-state index contributed by atoms with van der Waals surface area (Å²) in [6, 6.07) is 0. The molecule has 1 aromatic heterocycles. The number of amides is 1. The zero-order chi connectivity index (χ0) is 17.7. The predicted octanol–water partition coefficient (Wildman–Crippen LogP) is 3.06. The van der Waals surface area contributed by atoms with Crippen LogP contribution in [-0.2, 0) is 21.1 Å². The van der Waals surface area contributed by atoms with Crippen LogP contribution in [0.15, 0.2) is 5.38 Å². The van der Waals surface area contributed by atoms with Crippen molar-refractivity contribution in [2.75, 3.05) is 18.1 Å². The molecule has 0 aromatic carbocycles. The fourth-order valence-corrected chi connectivity index (χ4v) is 6.60. The van der Waals surface area contributed by atoms with Gasteiger partial charge >= 0.3 is 0 Å². The van der Waals surface area contributed by atoms with E-state index in [1.807, 2.05) is 0 Å². The first-order chi connectivity index (χ1) is 12.0. The molecule has 1 atom stereocenters. The average Bonchev–Trinajstić information content (AvgIpc) is 3.03. The maximum Gasteiger partial charge on any atom is 0.220 e. The lowest BCUT2D eigenvalue weighted by Crippen LogP contribution is -2.32. The lowest BCUT2D eigenvalue weighted by atomic mass is 9.87. The van der Waals surface area contributed by atoms with Gasteiger partial charge in [0.2, 0.25) is 5.91 Å². The molecule has 1 aliphatic heterocycles. The Kier molecular flexibility index (Phi) is 6.49. The summed E-state index contributed by atoms with van der Waals surface area (Å²) in [6.07, 6.45) is 9.08. The van der Waals surface area contributed by atoms with E-state index in [1.165, 1.54) is 37.8 Å². The van der Waals surface area contributed by atoms with Gasteiger partial charge in [-0.05, 0) is 31.6 Å². The Morgan fingerprint density at radius 3 is 2.76 bits per heavy atom. The zero-order valence-corrected chi connectivity index (χ0v) is 16.3. The third kappa shape index (κ3) is 5.78. The number of thiazole rings is 1. The molecule has 1 aromatic rings. The summed E-state index contributed by atoms with van der Waals surface area (Å²) in [4.78, 5) is 16.8. The second-order valence-electron chi connectivity index (χ2n) is 7.43. The van der Waals surface area contributed by atoms with Crippen molar-refractivity contribution in [3.8, 4) is 0 Å².